The fraction of sp³-hybridized carbons (Fsp3) is 0.667. The van der Waals surface area contributed by atoms with E-state index >= 15 is 0 Å². The molecule has 6 nitrogen and oxygen atoms in total. The summed E-state index contributed by atoms with van der Waals surface area (Å²) in [6.45, 7) is 1.70. The third-order valence-electron chi connectivity index (χ3n) is 1.15. The van der Waals surface area contributed by atoms with E-state index in [1.807, 2.05) is 0 Å². The molecule has 0 aromatic rings. The van der Waals surface area contributed by atoms with E-state index in [1.54, 1.807) is 6.92 Å². The average Bonchev–Trinajstić information content (AvgIpc) is 1.97. The molecule has 0 fully saturated rings. The van der Waals surface area contributed by atoms with Crippen LogP contribution >= 0.6 is 0 Å². The number of carbonyl (C=O) groups is 2. The Bertz CT molecular complexity index is 171. The second-order valence-electron chi connectivity index (χ2n) is 2.10. The van der Waals surface area contributed by atoms with Gasteiger partial charge < -0.3 is 20.9 Å². The molecule has 0 spiro atoms. The summed E-state index contributed by atoms with van der Waals surface area (Å²) < 4.78 is 8.96. The van der Waals surface area contributed by atoms with Gasteiger partial charge in [-0.3, -0.25) is 0 Å². The van der Waals surface area contributed by atoms with Gasteiger partial charge in [-0.25, -0.2) is 9.59 Å². The molecule has 1 unspecified atom stereocenters. The number of ether oxygens (including phenoxy) is 2. The molecule has 0 radical (unpaired) electrons. The first-order valence-electron chi connectivity index (χ1n) is 3.44. The van der Waals surface area contributed by atoms with Crippen molar-refractivity contribution in [1.29, 1.82) is 0 Å². The standard InChI is InChI=1S/C6H12N2O4/c1-2-4(12-6(8)10)3-11-5(7)9/h4H,2-3H2,1H3,(H2,7,9)(H2,8,10). The third kappa shape index (κ3) is 5.33. The zero-order valence-corrected chi connectivity index (χ0v) is 6.78. The maximum Gasteiger partial charge on any atom is 0.404 e. The minimum Gasteiger partial charge on any atom is -0.446 e. The van der Waals surface area contributed by atoms with Crippen LogP contribution in [0.1, 0.15) is 13.3 Å². The second kappa shape index (κ2) is 5.22. The molecule has 0 aliphatic heterocycles. The van der Waals surface area contributed by atoms with Gasteiger partial charge in [0.15, 0.2) is 0 Å². The summed E-state index contributed by atoms with van der Waals surface area (Å²) in [5.74, 6) is 0. The summed E-state index contributed by atoms with van der Waals surface area (Å²) in [5.41, 5.74) is 9.44. The molecule has 0 aliphatic rings. The van der Waals surface area contributed by atoms with Gasteiger partial charge in [-0.15, -0.1) is 0 Å². The molecule has 12 heavy (non-hydrogen) atoms. The van der Waals surface area contributed by atoms with Crippen LogP contribution < -0.4 is 11.5 Å². The van der Waals surface area contributed by atoms with Gasteiger partial charge in [-0.05, 0) is 6.42 Å². The van der Waals surface area contributed by atoms with E-state index in [1.165, 1.54) is 0 Å². The van der Waals surface area contributed by atoms with Crippen molar-refractivity contribution in [2.75, 3.05) is 6.61 Å². The SMILES string of the molecule is CCC(COC(N)=O)OC(N)=O. The number of hydrogen-bond donors (Lipinski definition) is 2. The summed E-state index contributed by atoms with van der Waals surface area (Å²) >= 11 is 0. The Kier molecular flexibility index (Phi) is 4.59. The van der Waals surface area contributed by atoms with E-state index in [2.05, 4.69) is 9.47 Å². The van der Waals surface area contributed by atoms with Crippen molar-refractivity contribution in [3.63, 3.8) is 0 Å². The molecule has 0 aromatic heterocycles. The minimum absolute atomic E-state index is 0.0607. The summed E-state index contributed by atoms with van der Waals surface area (Å²) in [7, 11) is 0. The molecule has 0 bridgehead atoms. The van der Waals surface area contributed by atoms with Crippen molar-refractivity contribution in [2.45, 2.75) is 19.4 Å². The van der Waals surface area contributed by atoms with Crippen LogP contribution in [0.5, 0.6) is 0 Å². The molecule has 0 aliphatic carbocycles. The first-order chi connectivity index (χ1) is 5.56. The summed E-state index contributed by atoms with van der Waals surface area (Å²) in [6, 6.07) is 0. The third-order valence-corrected chi connectivity index (χ3v) is 1.15. The van der Waals surface area contributed by atoms with Crippen molar-refractivity contribution >= 4 is 12.2 Å². The van der Waals surface area contributed by atoms with Gasteiger partial charge in [-0.1, -0.05) is 6.92 Å². The van der Waals surface area contributed by atoms with Crippen LogP contribution in [0.3, 0.4) is 0 Å². The van der Waals surface area contributed by atoms with Gasteiger partial charge >= 0.3 is 12.2 Å². The average molecular weight is 176 g/mol. The number of rotatable bonds is 4. The normalized spacial score (nSPS) is 11.8. The molecule has 0 saturated heterocycles. The maximum atomic E-state index is 10.2. The molecule has 0 aromatic carbocycles. The largest absolute Gasteiger partial charge is 0.446 e. The van der Waals surface area contributed by atoms with Gasteiger partial charge in [0.05, 0.1) is 0 Å². The van der Waals surface area contributed by atoms with E-state index < -0.39 is 18.3 Å². The highest BCUT2D eigenvalue weighted by atomic mass is 16.6. The Labute approximate surface area is 69.8 Å². The predicted octanol–water partition coefficient (Wildman–Crippen LogP) is -0.0444. The molecule has 0 rings (SSSR count). The van der Waals surface area contributed by atoms with Crippen LogP contribution in [0.4, 0.5) is 9.59 Å². The number of carbonyl (C=O) groups excluding carboxylic acids is 2. The number of hydrogen-bond acceptors (Lipinski definition) is 4. The van der Waals surface area contributed by atoms with Gasteiger partial charge in [-0.2, -0.15) is 0 Å². The van der Waals surface area contributed by atoms with Gasteiger partial charge in [0.2, 0.25) is 0 Å². The first kappa shape index (κ1) is 10.5. The fourth-order valence-corrected chi connectivity index (χ4v) is 0.575. The molecule has 2 amide bonds. The van der Waals surface area contributed by atoms with Crippen molar-refractivity contribution in [2.24, 2.45) is 11.5 Å². The highest BCUT2D eigenvalue weighted by Gasteiger charge is 2.11. The van der Waals surface area contributed by atoms with Crippen molar-refractivity contribution in [3.8, 4) is 0 Å². The van der Waals surface area contributed by atoms with E-state index in [0.29, 0.717) is 6.42 Å². The molecule has 70 valence electrons. The van der Waals surface area contributed by atoms with E-state index in [9.17, 15) is 9.59 Å². The van der Waals surface area contributed by atoms with Crippen LogP contribution in [0.25, 0.3) is 0 Å². The summed E-state index contributed by atoms with van der Waals surface area (Å²) in [5, 5.41) is 0. The Balaban J connectivity index is 3.67. The fourth-order valence-electron chi connectivity index (χ4n) is 0.575. The maximum absolute atomic E-state index is 10.2. The summed E-state index contributed by atoms with van der Waals surface area (Å²) in [4.78, 5) is 20.4. The molecule has 0 heterocycles. The van der Waals surface area contributed by atoms with E-state index in [4.69, 9.17) is 11.5 Å². The van der Waals surface area contributed by atoms with Crippen molar-refractivity contribution in [1.82, 2.24) is 0 Å². The smallest absolute Gasteiger partial charge is 0.404 e. The number of primary amides is 2. The Morgan fingerprint density at radius 2 is 1.92 bits per heavy atom. The van der Waals surface area contributed by atoms with Crippen molar-refractivity contribution < 1.29 is 19.1 Å². The van der Waals surface area contributed by atoms with E-state index in [0.717, 1.165) is 0 Å². The molecule has 1 atom stereocenters. The van der Waals surface area contributed by atoms with Gasteiger partial charge in [0.1, 0.15) is 12.7 Å². The lowest BCUT2D eigenvalue weighted by molar-refractivity contribution is 0.0499. The lowest BCUT2D eigenvalue weighted by atomic mass is 10.3. The van der Waals surface area contributed by atoms with Crippen LogP contribution in [0.2, 0.25) is 0 Å². The van der Waals surface area contributed by atoms with Gasteiger partial charge in [0, 0.05) is 0 Å². The zero-order chi connectivity index (χ0) is 9.56. The van der Waals surface area contributed by atoms with Crippen LogP contribution in [-0.4, -0.2) is 24.9 Å². The first-order valence-corrected chi connectivity index (χ1v) is 3.44. The highest BCUT2D eigenvalue weighted by molar-refractivity contribution is 5.65. The molecule has 6 heteroatoms. The lowest BCUT2D eigenvalue weighted by Crippen LogP contribution is -2.28. The van der Waals surface area contributed by atoms with Crippen LogP contribution in [-0.2, 0) is 9.47 Å². The Hall–Kier alpha value is -1.46. The summed E-state index contributed by atoms with van der Waals surface area (Å²) in [6.07, 6.45) is -1.80. The van der Waals surface area contributed by atoms with Crippen molar-refractivity contribution in [3.05, 3.63) is 0 Å². The quantitative estimate of drug-likeness (QED) is 0.626. The van der Waals surface area contributed by atoms with Gasteiger partial charge in [0.25, 0.3) is 0 Å². The van der Waals surface area contributed by atoms with E-state index in [-0.39, 0.29) is 6.61 Å². The molecule has 0 saturated carbocycles. The molecular weight excluding hydrogens is 164 g/mol. The van der Waals surface area contributed by atoms with Crippen LogP contribution in [0, 0.1) is 0 Å². The zero-order valence-electron chi connectivity index (χ0n) is 6.78. The topological polar surface area (TPSA) is 105 Å². The minimum atomic E-state index is -0.901. The van der Waals surface area contributed by atoms with Crippen LogP contribution in [0.15, 0.2) is 0 Å². The second-order valence-corrected chi connectivity index (χ2v) is 2.10. The highest BCUT2D eigenvalue weighted by Crippen LogP contribution is 1.98. The molecular formula is C6H12N2O4. The Morgan fingerprint density at radius 1 is 1.33 bits per heavy atom. The predicted molar refractivity (Wildman–Crippen MR) is 40.3 cm³/mol. The number of nitrogens with two attached hydrogens (primary N) is 2. The lowest BCUT2D eigenvalue weighted by Gasteiger charge is -2.13. The molecule has 4 N–H and O–H groups in total. The number of amides is 2. The monoisotopic (exact) mass is 176 g/mol. The Morgan fingerprint density at radius 3 is 2.25 bits per heavy atom.